The zero-order chi connectivity index (χ0) is 27.3. The van der Waals surface area contributed by atoms with Crippen molar-refractivity contribution >= 4 is 0 Å². The molecule has 1 aliphatic heterocycles. The maximum absolute atomic E-state index is 13.2. The molecule has 4 rings (SSSR count). The lowest BCUT2D eigenvalue weighted by Gasteiger charge is -2.40. The first kappa shape index (κ1) is 27.8. The van der Waals surface area contributed by atoms with Crippen molar-refractivity contribution in [3.8, 4) is 0 Å². The number of aliphatic hydroxyl groups is 5. The SMILES string of the molecule is OC[C@H]1O[C@@H](c2ccc(C3CC3)c(Cc3ccc(C(O)(C(F)(F)F)C(F)(F)F)cc3)c2)[C@H](O)C(O)[C@@H]1O. The number of benzene rings is 2. The zero-order valence-corrected chi connectivity index (χ0v) is 19.2. The third kappa shape index (κ3) is 5.10. The second kappa shape index (κ2) is 9.83. The third-order valence-electron chi connectivity index (χ3n) is 6.99. The first-order valence-electron chi connectivity index (χ1n) is 11.6. The fraction of sp³-hybridized carbons (Fsp3) is 0.520. The van der Waals surface area contributed by atoms with Crippen LogP contribution in [0.5, 0.6) is 0 Å². The van der Waals surface area contributed by atoms with E-state index >= 15 is 0 Å². The van der Waals surface area contributed by atoms with Crippen LogP contribution in [0, 0.1) is 0 Å². The lowest BCUT2D eigenvalue weighted by atomic mass is 9.87. The summed E-state index contributed by atoms with van der Waals surface area (Å²) in [6, 6.07) is 8.45. The highest BCUT2D eigenvalue weighted by atomic mass is 19.4. The van der Waals surface area contributed by atoms with E-state index in [2.05, 4.69) is 0 Å². The molecule has 37 heavy (non-hydrogen) atoms. The van der Waals surface area contributed by atoms with E-state index in [1.165, 1.54) is 0 Å². The Bertz CT molecular complexity index is 1080. The van der Waals surface area contributed by atoms with E-state index in [1.807, 2.05) is 0 Å². The second-order valence-electron chi connectivity index (χ2n) is 9.56. The molecule has 5 atom stereocenters. The summed E-state index contributed by atoms with van der Waals surface area (Å²) >= 11 is 0. The van der Waals surface area contributed by atoms with Crippen LogP contribution in [0.4, 0.5) is 26.3 Å². The summed E-state index contributed by atoms with van der Waals surface area (Å²) in [6.07, 6.45) is -16.9. The van der Waals surface area contributed by atoms with Gasteiger partial charge in [0.1, 0.15) is 30.5 Å². The van der Waals surface area contributed by atoms with E-state index in [9.17, 15) is 51.9 Å². The molecule has 204 valence electrons. The number of ether oxygens (including phenoxy) is 1. The molecule has 1 saturated heterocycles. The van der Waals surface area contributed by atoms with Crippen molar-refractivity contribution in [1.29, 1.82) is 0 Å². The van der Waals surface area contributed by atoms with Crippen LogP contribution in [-0.2, 0) is 16.8 Å². The Labute approximate surface area is 207 Å². The van der Waals surface area contributed by atoms with E-state index in [0.717, 1.165) is 30.5 Å². The molecule has 1 unspecified atom stereocenters. The summed E-state index contributed by atoms with van der Waals surface area (Å²) in [7, 11) is 0. The minimum absolute atomic E-state index is 0.119. The number of rotatable bonds is 6. The molecule has 5 N–H and O–H groups in total. The van der Waals surface area contributed by atoms with Crippen LogP contribution < -0.4 is 0 Å². The van der Waals surface area contributed by atoms with Crippen LogP contribution in [-0.4, -0.2) is 68.9 Å². The van der Waals surface area contributed by atoms with Crippen LogP contribution in [0.2, 0.25) is 0 Å². The van der Waals surface area contributed by atoms with Crippen molar-refractivity contribution in [2.45, 2.75) is 73.7 Å². The Morgan fingerprint density at radius 2 is 1.41 bits per heavy atom. The van der Waals surface area contributed by atoms with Crippen molar-refractivity contribution in [2.75, 3.05) is 6.61 Å². The average molecular weight is 536 g/mol. The number of halogens is 6. The predicted octanol–water partition coefficient (Wildman–Crippen LogP) is 2.98. The summed E-state index contributed by atoms with van der Waals surface area (Å²) in [6.45, 7) is -0.608. The van der Waals surface area contributed by atoms with Gasteiger partial charge in [-0.1, -0.05) is 42.5 Å². The summed E-state index contributed by atoms with van der Waals surface area (Å²) in [5.74, 6) is 0.221. The molecule has 2 aromatic carbocycles. The molecule has 2 aliphatic rings. The quantitative estimate of drug-likeness (QED) is 0.364. The summed E-state index contributed by atoms with van der Waals surface area (Å²) in [5, 5.41) is 49.7. The number of hydrogen-bond acceptors (Lipinski definition) is 6. The van der Waals surface area contributed by atoms with Crippen molar-refractivity contribution in [3.05, 3.63) is 70.3 Å². The number of alkyl halides is 6. The minimum atomic E-state index is -5.98. The van der Waals surface area contributed by atoms with E-state index in [-0.39, 0.29) is 12.3 Å². The molecule has 1 heterocycles. The first-order chi connectivity index (χ1) is 17.2. The van der Waals surface area contributed by atoms with Gasteiger partial charge in [-0.25, -0.2) is 0 Å². The van der Waals surface area contributed by atoms with Crippen LogP contribution in [0.25, 0.3) is 0 Å². The molecule has 0 radical (unpaired) electrons. The standard InChI is InChI=1S/C25H26F6O6/c26-24(27,28)23(36,25(29,30)31)16-6-1-12(2-7-16)9-15-10-14(5-8-17(15)13-3-4-13)22-21(35)20(34)19(33)18(11-32)37-22/h1-2,5-8,10,13,18-22,32-36H,3-4,9,11H2/t18-,19-,20?,21-,22+/m1/s1. The monoisotopic (exact) mass is 536 g/mol. The highest BCUT2D eigenvalue weighted by Crippen LogP contribution is 2.50. The highest BCUT2D eigenvalue weighted by Gasteiger charge is 2.71. The van der Waals surface area contributed by atoms with E-state index in [1.54, 1.807) is 18.2 Å². The molecular formula is C25H26F6O6. The normalized spacial score (nSPS) is 27.4. The third-order valence-corrected chi connectivity index (χ3v) is 6.99. The van der Waals surface area contributed by atoms with Gasteiger partial charge in [0.25, 0.3) is 5.60 Å². The largest absolute Gasteiger partial charge is 0.430 e. The van der Waals surface area contributed by atoms with Crippen molar-refractivity contribution in [1.82, 2.24) is 0 Å². The van der Waals surface area contributed by atoms with Crippen molar-refractivity contribution in [3.63, 3.8) is 0 Å². The smallest absolute Gasteiger partial charge is 0.394 e. The summed E-state index contributed by atoms with van der Waals surface area (Å²) in [4.78, 5) is 0. The fourth-order valence-corrected chi connectivity index (χ4v) is 4.70. The van der Waals surface area contributed by atoms with Gasteiger partial charge in [0.2, 0.25) is 0 Å². The van der Waals surface area contributed by atoms with Gasteiger partial charge >= 0.3 is 12.4 Å². The first-order valence-corrected chi connectivity index (χ1v) is 11.6. The molecule has 0 bridgehead atoms. The molecule has 12 heteroatoms. The van der Waals surface area contributed by atoms with Gasteiger partial charge in [-0.05, 0) is 47.4 Å². The van der Waals surface area contributed by atoms with Gasteiger partial charge < -0.3 is 30.3 Å². The topological polar surface area (TPSA) is 110 Å². The van der Waals surface area contributed by atoms with E-state index < -0.39 is 60.6 Å². The number of hydrogen-bond donors (Lipinski definition) is 5. The average Bonchev–Trinajstić information content (AvgIpc) is 3.67. The maximum atomic E-state index is 13.2. The van der Waals surface area contributed by atoms with Gasteiger partial charge in [0.15, 0.2) is 0 Å². The summed E-state index contributed by atoms with van der Waals surface area (Å²) < 4.78 is 84.7. The zero-order valence-electron chi connectivity index (χ0n) is 19.2. The molecule has 2 aromatic rings. The summed E-state index contributed by atoms with van der Waals surface area (Å²) in [5.41, 5.74) is -3.97. The molecule has 6 nitrogen and oxygen atoms in total. The van der Waals surface area contributed by atoms with Gasteiger partial charge in [-0.3, -0.25) is 0 Å². The molecule has 0 amide bonds. The fourth-order valence-electron chi connectivity index (χ4n) is 4.70. The Morgan fingerprint density at radius 3 is 1.92 bits per heavy atom. The van der Waals surface area contributed by atoms with Crippen molar-refractivity contribution < 1.29 is 56.6 Å². The molecule has 2 fully saturated rings. The Hall–Kier alpha value is -2.22. The van der Waals surface area contributed by atoms with Crippen LogP contribution in [0.3, 0.4) is 0 Å². The van der Waals surface area contributed by atoms with Gasteiger partial charge in [-0.2, -0.15) is 26.3 Å². The van der Waals surface area contributed by atoms with Crippen molar-refractivity contribution in [2.24, 2.45) is 0 Å². The highest BCUT2D eigenvalue weighted by molar-refractivity contribution is 5.42. The lowest BCUT2D eigenvalue weighted by Crippen LogP contribution is -2.55. The van der Waals surface area contributed by atoms with E-state index in [4.69, 9.17) is 4.74 Å². The van der Waals surface area contributed by atoms with Gasteiger partial charge in [0.05, 0.1) is 6.61 Å². The van der Waals surface area contributed by atoms with Gasteiger partial charge in [-0.15, -0.1) is 0 Å². The number of aliphatic hydroxyl groups excluding tert-OH is 4. The molecule has 1 saturated carbocycles. The Balaban J connectivity index is 1.64. The van der Waals surface area contributed by atoms with Gasteiger partial charge in [0, 0.05) is 5.56 Å². The molecule has 1 aliphatic carbocycles. The second-order valence-corrected chi connectivity index (χ2v) is 9.56. The predicted molar refractivity (Wildman–Crippen MR) is 116 cm³/mol. The maximum Gasteiger partial charge on any atom is 0.430 e. The van der Waals surface area contributed by atoms with Crippen LogP contribution in [0.15, 0.2) is 42.5 Å². The Kier molecular flexibility index (Phi) is 7.38. The Morgan fingerprint density at radius 1 is 0.811 bits per heavy atom. The van der Waals surface area contributed by atoms with Crippen LogP contribution >= 0.6 is 0 Å². The lowest BCUT2D eigenvalue weighted by molar-refractivity contribution is -0.376. The molecule has 0 spiro atoms. The molecule has 0 aromatic heterocycles. The van der Waals surface area contributed by atoms with Crippen LogP contribution in [0.1, 0.15) is 52.7 Å². The van der Waals surface area contributed by atoms with E-state index in [0.29, 0.717) is 28.8 Å². The minimum Gasteiger partial charge on any atom is -0.394 e. The molecular weight excluding hydrogens is 510 g/mol.